The van der Waals surface area contributed by atoms with Crippen LogP contribution in [-0.4, -0.2) is 37.9 Å². The molecule has 0 aromatic rings. The van der Waals surface area contributed by atoms with Gasteiger partial charge in [-0.15, -0.1) is 12.4 Å². The molecule has 1 rings (SSSR count). The van der Waals surface area contributed by atoms with Gasteiger partial charge in [0.15, 0.2) is 9.84 Å². The van der Waals surface area contributed by atoms with Gasteiger partial charge in [-0.05, 0) is 25.2 Å². The van der Waals surface area contributed by atoms with E-state index in [-0.39, 0.29) is 23.7 Å². The predicted molar refractivity (Wildman–Crippen MR) is 83.7 cm³/mol. The zero-order valence-corrected chi connectivity index (χ0v) is 13.9. The van der Waals surface area contributed by atoms with Crippen LogP contribution in [0.5, 0.6) is 0 Å². The van der Waals surface area contributed by atoms with Crippen molar-refractivity contribution in [3.63, 3.8) is 0 Å². The van der Waals surface area contributed by atoms with Gasteiger partial charge in [-0.1, -0.05) is 26.7 Å². The molecule has 1 amide bonds. The van der Waals surface area contributed by atoms with E-state index in [2.05, 4.69) is 5.32 Å². The maximum Gasteiger partial charge on any atom is 0.235 e. The topological polar surface area (TPSA) is 89.3 Å². The fraction of sp³-hybridized carbons (Fsp3) is 0.923. The van der Waals surface area contributed by atoms with E-state index in [1.165, 1.54) is 0 Å². The minimum atomic E-state index is -3.29. The van der Waals surface area contributed by atoms with Gasteiger partial charge in [0.1, 0.15) is 5.75 Å². The van der Waals surface area contributed by atoms with Crippen molar-refractivity contribution in [2.75, 3.05) is 12.3 Å². The van der Waals surface area contributed by atoms with Crippen LogP contribution in [0.25, 0.3) is 0 Å². The Bertz CT molecular complexity index is 392. The highest BCUT2D eigenvalue weighted by Crippen LogP contribution is 2.25. The van der Waals surface area contributed by atoms with Crippen molar-refractivity contribution in [2.24, 2.45) is 11.7 Å². The summed E-state index contributed by atoms with van der Waals surface area (Å²) in [5, 5.41) is 2.41. The Hall–Kier alpha value is -0.330. The second-order valence-corrected chi connectivity index (χ2v) is 8.12. The molecule has 0 radical (unpaired) electrons. The number of nitrogens with two attached hydrogens (primary N) is 1. The van der Waals surface area contributed by atoms with E-state index in [0.29, 0.717) is 25.3 Å². The number of sulfone groups is 1. The molecule has 1 unspecified atom stereocenters. The van der Waals surface area contributed by atoms with Gasteiger partial charge in [-0.2, -0.15) is 0 Å². The molecule has 0 aromatic heterocycles. The van der Waals surface area contributed by atoms with Crippen molar-refractivity contribution in [3.8, 4) is 0 Å². The lowest BCUT2D eigenvalue weighted by Crippen LogP contribution is -2.44. The number of nitrogens with one attached hydrogen (secondary N) is 1. The second-order valence-electron chi connectivity index (χ2n) is 5.84. The quantitative estimate of drug-likeness (QED) is 0.737. The summed E-state index contributed by atoms with van der Waals surface area (Å²) in [7, 11) is -3.29. The minimum absolute atomic E-state index is 0. The molecule has 1 aliphatic carbocycles. The Morgan fingerprint density at radius 2 is 1.85 bits per heavy atom. The smallest absolute Gasteiger partial charge is 0.235 e. The maximum atomic E-state index is 12.0. The highest BCUT2D eigenvalue weighted by Gasteiger charge is 2.31. The van der Waals surface area contributed by atoms with Gasteiger partial charge in [-0.3, -0.25) is 4.79 Å². The fourth-order valence-electron chi connectivity index (χ4n) is 2.60. The number of carbonyl (C=O) groups is 1. The Kier molecular flexibility index (Phi) is 8.70. The lowest BCUT2D eigenvalue weighted by Gasteiger charge is -2.19. The first-order valence-electron chi connectivity index (χ1n) is 7.06. The molecule has 120 valence electrons. The van der Waals surface area contributed by atoms with E-state index in [1.54, 1.807) is 0 Å². The molecule has 1 atom stereocenters. The maximum absolute atomic E-state index is 12.0. The van der Waals surface area contributed by atoms with Crippen LogP contribution in [0.2, 0.25) is 0 Å². The van der Waals surface area contributed by atoms with Gasteiger partial charge in [0.25, 0.3) is 0 Å². The first kappa shape index (κ1) is 19.7. The van der Waals surface area contributed by atoms with Gasteiger partial charge in [0.2, 0.25) is 5.91 Å². The number of hydrogen-bond acceptors (Lipinski definition) is 4. The lowest BCUT2D eigenvalue weighted by molar-refractivity contribution is -0.119. The van der Waals surface area contributed by atoms with Gasteiger partial charge < -0.3 is 11.1 Å². The van der Waals surface area contributed by atoms with Crippen LogP contribution in [-0.2, 0) is 14.6 Å². The molecular formula is C13H27ClN2O3S. The molecular weight excluding hydrogens is 300 g/mol. The van der Waals surface area contributed by atoms with E-state index in [9.17, 15) is 13.2 Å². The number of hydrogen-bond donors (Lipinski definition) is 2. The van der Waals surface area contributed by atoms with Crippen molar-refractivity contribution in [1.82, 2.24) is 5.32 Å². The van der Waals surface area contributed by atoms with Crippen LogP contribution in [0, 0.1) is 5.92 Å². The average molecular weight is 327 g/mol. The van der Waals surface area contributed by atoms with Crippen molar-refractivity contribution in [1.29, 1.82) is 0 Å². The summed E-state index contributed by atoms with van der Waals surface area (Å²) in [5.74, 6) is -0.394. The largest absolute Gasteiger partial charge is 0.351 e. The summed E-state index contributed by atoms with van der Waals surface area (Å²) in [6, 6.07) is -0.133. The van der Waals surface area contributed by atoms with E-state index in [4.69, 9.17) is 5.73 Å². The van der Waals surface area contributed by atoms with Gasteiger partial charge in [-0.25, -0.2) is 8.42 Å². The molecule has 3 N–H and O–H groups in total. The third-order valence-corrected chi connectivity index (χ3v) is 5.70. The molecule has 5 nitrogen and oxygen atoms in total. The molecule has 0 heterocycles. The predicted octanol–water partition coefficient (Wildman–Crippen LogP) is 1.26. The molecule has 20 heavy (non-hydrogen) atoms. The Morgan fingerprint density at radius 3 is 2.30 bits per heavy atom. The minimum Gasteiger partial charge on any atom is -0.351 e. The summed E-state index contributed by atoms with van der Waals surface area (Å²) in [4.78, 5) is 11.8. The normalized spacial score (nSPS) is 17.8. The number of carbonyl (C=O) groups excluding carboxylic acids is 1. The summed E-state index contributed by atoms with van der Waals surface area (Å²) >= 11 is 0. The van der Waals surface area contributed by atoms with Crippen LogP contribution in [0.4, 0.5) is 0 Å². The molecule has 7 heteroatoms. The Balaban J connectivity index is 0.00000361. The number of rotatable bonds is 7. The third kappa shape index (κ3) is 6.41. The molecule has 0 aromatic carbocycles. The first-order valence-corrected chi connectivity index (χ1v) is 8.77. The molecule has 0 bridgehead atoms. The van der Waals surface area contributed by atoms with Crippen LogP contribution in [0.15, 0.2) is 0 Å². The highest BCUT2D eigenvalue weighted by atomic mass is 35.5. The summed E-state index contributed by atoms with van der Waals surface area (Å²) < 4.78 is 24.1. The van der Waals surface area contributed by atoms with Crippen LogP contribution >= 0.6 is 12.4 Å². The van der Waals surface area contributed by atoms with E-state index in [1.807, 2.05) is 13.8 Å². The zero-order valence-electron chi connectivity index (χ0n) is 12.3. The third-order valence-electron chi connectivity index (χ3n) is 3.55. The van der Waals surface area contributed by atoms with Crippen LogP contribution in [0.1, 0.15) is 46.0 Å². The molecule has 0 aliphatic heterocycles. The lowest BCUT2D eigenvalue weighted by atomic mass is 10.0. The summed E-state index contributed by atoms with van der Waals surface area (Å²) in [6.45, 7) is 4.43. The van der Waals surface area contributed by atoms with Crippen LogP contribution in [0.3, 0.4) is 0 Å². The van der Waals surface area contributed by atoms with E-state index in [0.717, 1.165) is 19.3 Å². The van der Waals surface area contributed by atoms with E-state index < -0.39 is 21.5 Å². The van der Waals surface area contributed by atoms with Crippen LogP contribution < -0.4 is 11.1 Å². The first-order chi connectivity index (χ1) is 8.85. The highest BCUT2D eigenvalue weighted by molar-refractivity contribution is 7.92. The van der Waals surface area contributed by atoms with Gasteiger partial charge in [0, 0.05) is 12.6 Å². The molecule has 1 saturated carbocycles. The molecule has 1 aliphatic rings. The van der Waals surface area contributed by atoms with Crippen molar-refractivity contribution < 1.29 is 13.2 Å². The average Bonchev–Trinajstić information content (AvgIpc) is 2.80. The zero-order chi connectivity index (χ0) is 14.5. The standard InChI is InChI=1S/C13H26N2O3S.ClH/c1-10(2)7-11(8-14)15-13(16)9-19(17,18)12-5-3-4-6-12;/h10-12H,3-9,14H2,1-2H3,(H,15,16);1H. The molecule has 1 fully saturated rings. The number of halogens is 1. The monoisotopic (exact) mass is 326 g/mol. The van der Waals surface area contributed by atoms with Crippen molar-refractivity contribution >= 4 is 28.2 Å². The fourth-order valence-corrected chi connectivity index (χ4v) is 4.34. The number of amides is 1. The van der Waals surface area contributed by atoms with Gasteiger partial charge >= 0.3 is 0 Å². The summed E-state index contributed by atoms with van der Waals surface area (Å²) in [6.07, 6.45) is 4.06. The van der Waals surface area contributed by atoms with Crippen molar-refractivity contribution in [2.45, 2.75) is 57.2 Å². The second kappa shape index (κ2) is 8.85. The van der Waals surface area contributed by atoms with Gasteiger partial charge in [0.05, 0.1) is 5.25 Å². The SMILES string of the molecule is CC(C)CC(CN)NC(=O)CS(=O)(=O)C1CCCC1.Cl. The molecule has 0 saturated heterocycles. The Morgan fingerprint density at radius 1 is 1.30 bits per heavy atom. The van der Waals surface area contributed by atoms with E-state index >= 15 is 0 Å². The Labute approximate surface area is 128 Å². The molecule has 0 spiro atoms. The summed E-state index contributed by atoms with van der Waals surface area (Å²) in [5.41, 5.74) is 5.59. The van der Waals surface area contributed by atoms with Crippen molar-refractivity contribution in [3.05, 3.63) is 0 Å².